The Bertz CT molecular complexity index is 232. The Hall–Kier alpha value is 2.01. The van der Waals surface area contributed by atoms with Crippen molar-refractivity contribution in [3.05, 3.63) is 0 Å². The Morgan fingerprint density at radius 3 is 1.78 bits per heavy atom. The molecule has 1 unspecified atom stereocenters. The monoisotopic (exact) mass is 779 g/mol. The molecule has 0 aromatic rings. The minimum atomic E-state index is -1.63. The number of hydrogen-bond acceptors (Lipinski definition) is 5. The predicted octanol–water partition coefficient (Wildman–Crippen LogP) is -2.71. The Morgan fingerprint density at radius 1 is 1.44 bits per heavy atom. The fraction of sp³-hybridized carbons (Fsp3) is 0.571. The van der Waals surface area contributed by atoms with Gasteiger partial charge in [0.2, 0.25) is 0 Å². The van der Waals surface area contributed by atoms with E-state index in [1.165, 1.54) is 0 Å². The van der Waals surface area contributed by atoms with E-state index in [1.54, 1.807) is 0 Å². The zero-order valence-corrected chi connectivity index (χ0v) is 19.9. The van der Waals surface area contributed by atoms with Gasteiger partial charge < -0.3 is 9.90 Å². The molecular formula is C7H13I4NO5Se-2. The number of carboxylic acid groups (broad SMARTS) is 2. The van der Waals surface area contributed by atoms with Gasteiger partial charge in [-0.05, 0) is 0 Å². The van der Waals surface area contributed by atoms with Crippen molar-refractivity contribution >= 4 is 93.9 Å². The minimum absolute atomic E-state index is 0. The first-order chi connectivity index (χ1) is 7.74. The number of nitrogens with two attached hydrogens (primary N) is 1. The first kappa shape index (κ1) is 28.2. The molecular weight excluding hydrogens is 765 g/mol. The SMILES string of the molecule is CC(=O)C(=O)[O-].C[Se]CC(N)C(=O)O.I.I[I-]I. The van der Waals surface area contributed by atoms with Crippen LogP contribution in [0.1, 0.15) is 6.92 Å². The van der Waals surface area contributed by atoms with Crippen molar-refractivity contribution in [3.8, 4) is 0 Å². The number of aliphatic carboxylic acids is 2. The number of ketones is 1. The van der Waals surface area contributed by atoms with Crippen LogP contribution in [0.3, 0.4) is 0 Å². The summed E-state index contributed by atoms with van der Waals surface area (Å²) >= 11 is 5.67. The molecule has 3 N–H and O–H groups in total. The average molecular weight is 778 g/mol. The topological polar surface area (TPSA) is 121 Å². The molecule has 0 aliphatic carbocycles. The molecule has 1 atom stereocenters. The van der Waals surface area contributed by atoms with Gasteiger partial charge in [0.25, 0.3) is 0 Å². The Labute approximate surface area is 159 Å². The van der Waals surface area contributed by atoms with Crippen molar-refractivity contribution in [2.45, 2.75) is 24.1 Å². The van der Waals surface area contributed by atoms with Gasteiger partial charge in [0.15, 0.2) is 5.78 Å². The third-order valence-corrected chi connectivity index (χ3v) is 2.40. The van der Waals surface area contributed by atoms with Crippen LogP contribution >= 0.6 is 61.2 Å². The summed E-state index contributed by atoms with van der Waals surface area (Å²) in [5.41, 5.74) is 5.14. The van der Waals surface area contributed by atoms with E-state index >= 15 is 0 Å². The van der Waals surface area contributed by atoms with E-state index in [0.717, 1.165) is 6.92 Å². The first-order valence-corrected chi connectivity index (χ1v) is 19.3. The molecule has 0 saturated heterocycles. The van der Waals surface area contributed by atoms with Crippen molar-refractivity contribution in [2.75, 3.05) is 0 Å². The van der Waals surface area contributed by atoms with Gasteiger partial charge in [0.1, 0.15) is 5.97 Å². The number of carboxylic acids is 2. The van der Waals surface area contributed by atoms with Crippen LogP contribution in [0.25, 0.3) is 0 Å². The molecule has 0 fully saturated rings. The maximum absolute atomic E-state index is 9.97. The summed E-state index contributed by atoms with van der Waals surface area (Å²) in [5.74, 6) is -1.49. The molecule has 0 saturated carbocycles. The van der Waals surface area contributed by atoms with Gasteiger partial charge in [-0.25, -0.2) is 0 Å². The number of rotatable bonds is 4. The maximum atomic E-state index is 9.97. The van der Waals surface area contributed by atoms with Crippen LogP contribution in [-0.2, 0) is 14.4 Å². The van der Waals surface area contributed by atoms with Crippen molar-refractivity contribution < 1.29 is 37.9 Å². The summed E-state index contributed by atoms with van der Waals surface area (Å²) in [4.78, 5) is 28.7. The molecule has 0 aliphatic rings. The van der Waals surface area contributed by atoms with Gasteiger partial charge in [0, 0.05) is 6.92 Å². The van der Waals surface area contributed by atoms with Crippen LogP contribution in [0, 0.1) is 0 Å². The second-order valence-electron chi connectivity index (χ2n) is 2.30. The predicted molar refractivity (Wildman–Crippen MR) is 91.2 cm³/mol. The van der Waals surface area contributed by atoms with E-state index in [2.05, 4.69) is 37.2 Å². The molecule has 0 bridgehead atoms. The molecule has 0 spiro atoms. The Balaban J connectivity index is -0.0000000875. The summed E-state index contributed by atoms with van der Waals surface area (Å²) in [6, 6.07) is -0.639. The summed E-state index contributed by atoms with van der Waals surface area (Å²) in [7, 11) is 0. The Morgan fingerprint density at radius 2 is 1.72 bits per heavy atom. The third kappa shape index (κ3) is 30.8. The van der Waals surface area contributed by atoms with Gasteiger partial charge in [-0.1, -0.05) is 0 Å². The van der Waals surface area contributed by atoms with E-state index in [1.807, 2.05) is 5.82 Å². The van der Waals surface area contributed by atoms with Gasteiger partial charge in [-0.2, -0.15) is 0 Å². The van der Waals surface area contributed by atoms with Gasteiger partial charge in [0.05, 0.1) is 0 Å². The molecule has 0 rings (SSSR count). The van der Waals surface area contributed by atoms with Crippen LogP contribution < -0.4 is 24.1 Å². The second kappa shape index (κ2) is 21.3. The molecule has 6 nitrogen and oxygen atoms in total. The van der Waals surface area contributed by atoms with Crippen molar-refractivity contribution in [1.29, 1.82) is 0 Å². The van der Waals surface area contributed by atoms with Crippen molar-refractivity contribution in [1.82, 2.24) is 0 Å². The fourth-order valence-electron chi connectivity index (χ4n) is 0.251. The normalized spacial score (nSPS) is 9.61. The summed E-state index contributed by atoms with van der Waals surface area (Å²) in [6.07, 6.45) is 0. The van der Waals surface area contributed by atoms with Crippen LogP contribution in [0.4, 0.5) is 0 Å². The fourth-order valence-corrected chi connectivity index (χ4v) is 1.30. The molecule has 11 heteroatoms. The molecule has 18 heavy (non-hydrogen) atoms. The van der Waals surface area contributed by atoms with Gasteiger partial charge >= 0.3 is 104 Å². The zero-order valence-electron chi connectivity index (χ0n) is 9.39. The average Bonchev–Trinajstić information content (AvgIpc) is 2.19. The molecule has 0 amide bonds. The molecule has 0 aromatic carbocycles. The number of halogens is 4. The van der Waals surface area contributed by atoms with Crippen LogP contribution in [0.2, 0.25) is 11.1 Å². The molecule has 0 aliphatic heterocycles. The van der Waals surface area contributed by atoms with E-state index in [-0.39, 0.29) is 24.0 Å². The van der Waals surface area contributed by atoms with E-state index in [4.69, 9.17) is 10.8 Å². The van der Waals surface area contributed by atoms with E-state index < -0.39 is 23.8 Å². The first-order valence-electron chi connectivity index (χ1n) is 3.80. The van der Waals surface area contributed by atoms with E-state index in [9.17, 15) is 19.5 Å². The quantitative estimate of drug-likeness (QED) is 0.182. The number of carbonyl (C=O) groups is 3. The molecule has 0 aromatic heterocycles. The zero-order chi connectivity index (χ0) is 14.4. The van der Waals surface area contributed by atoms with Crippen molar-refractivity contribution in [2.24, 2.45) is 5.73 Å². The van der Waals surface area contributed by atoms with Gasteiger partial charge in [-0.15, -0.1) is 24.0 Å². The standard InChI is InChI=1S/C4H9NO2Se.C3H4O3.I3.HI/c1-8-2-3(5)4(6)7;1-2(4)3(5)6;1-3-2;/h3H,2,5H2,1H3,(H,6,7);1H3,(H,5,6);;1H/q;;-1;/p-1. The number of Topliss-reactive ketones (excluding diaryl/α,β-unsaturated/α-hetero) is 1. The molecule has 112 valence electrons. The van der Waals surface area contributed by atoms with Crippen LogP contribution in [-0.4, -0.2) is 43.8 Å². The van der Waals surface area contributed by atoms with Crippen molar-refractivity contribution in [3.63, 3.8) is 0 Å². The molecule has 0 heterocycles. The van der Waals surface area contributed by atoms with Gasteiger partial charge in [-0.3, -0.25) is 4.79 Å². The summed E-state index contributed by atoms with van der Waals surface area (Å²) < 4.78 is 0. The van der Waals surface area contributed by atoms with E-state index in [0.29, 0.717) is 33.5 Å². The molecule has 0 radical (unpaired) electrons. The third-order valence-electron chi connectivity index (χ3n) is 0.951. The second-order valence-corrected chi connectivity index (χ2v) is 20.5. The van der Waals surface area contributed by atoms with Crippen LogP contribution in [0.15, 0.2) is 0 Å². The number of carbonyl (C=O) groups excluding carboxylic acids is 2. The summed E-state index contributed by atoms with van der Waals surface area (Å²) in [6.45, 7) is 0.940. The number of hydrogen-bond donors (Lipinski definition) is 2. The summed E-state index contributed by atoms with van der Waals surface area (Å²) in [5, 5.41) is 18.1. The Kier molecular flexibility index (Phi) is 33.4. The van der Waals surface area contributed by atoms with Crippen LogP contribution in [0.5, 0.6) is 0 Å².